The van der Waals surface area contributed by atoms with Crippen molar-refractivity contribution < 1.29 is 0 Å². The zero-order valence-electron chi connectivity index (χ0n) is 15.3. The van der Waals surface area contributed by atoms with E-state index in [0.717, 1.165) is 43.7 Å². The molecule has 2 aromatic carbocycles. The lowest BCUT2D eigenvalue weighted by Gasteiger charge is -2.18. The normalized spacial score (nSPS) is 13.7. The molecule has 27 heavy (non-hydrogen) atoms. The minimum atomic E-state index is 0.245. The van der Waals surface area contributed by atoms with Crippen LogP contribution in [0.15, 0.2) is 60.7 Å². The monoisotopic (exact) mass is 376 g/mol. The van der Waals surface area contributed by atoms with Crippen LogP contribution < -0.4 is 11.1 Å². The highest BCUT2D eigenvalue weighted by Gasteiger charge is 2.24. The molecule has 3 aromatic rings. The molecule has 0 saturated heterocycles. The van der Waals surface area contributed by atoms with E-state index in [1.807, 2.05) is 0 Å². The van der Waals surface area contributed by atoms with E-state index < -0.39 is 0 Å². The van der Waals surface area contributed by atoms with Crippen molar-refractivity contribution in [3.63, 3.8) is 0 Å². The molecule has 4 rings (SSSR count). The van der Waals surface area contributed by atoms with Crippen molar-refractivity contribution >= 4 is 23.1 Å². The van der Waals surface area contributed by atoms with Crippen LogP contribution in [0.4, 0.5) is 5.82 Å². The van der Waals surface area contributed by atoms with Crippen LogP contribution in [0.2, 0.25) is 0 Å². The molecule has 0 bridgehead atoms. The van der Waals surface area contributed by atoms with Crippen molar-refractivity contribution in [3.8, 4) is 0 Å². The number of nitrogens with zero attached hydrogens (tertiary/aromatic N) is 2. The summed E-state index contributed by atoms with van der Waals surface area (Å²) in [7, 11) is 0. The first kappa shape index (κ1) is 17.7. The first-order chi connectivity index (χ1) is 13.2. The number of anilines is 1. The van der Waals surface area contributed by atoms with Crippen LogP contribution in [-0.4, -0.2) is 21.4 Å². The number of nitrogens with two attached hydrogens (primary N) is 1. The van der Waals surface area contributed by atoms with Crippen molar-refractivity contribution in [2.75, 3.05) is 11.9 Å². The van der Waals surface area contributed by atoms with Gasteiger partial charge in [-0.3, -0.25) is 0 Å². The summed E-state index contributed by atoms with van der Waals surface area (Å²) in [6.07, 6.45) is 4.13. The molecule has 0 unspecified atom stereocenters. The van der Waals surface area contributed by atoms with Crippen LogP contribution in [-0.2, 0) is 12.8 Å². The predicted molar refractivity (Wildman–Crippen MR) is 114 cm³/mol. The Morgan fingerprint density at radius 2 is 1.67 bits per heavy atom. The third-order valence-electron chi connectivity index (χ3n) is 5.22. The molecule has 5 heteroatoms. The quantitative estimate of drug-likeness (QED) is 0.673. The molecular formula is C22H24N4S. The lowest BCUT2D eigenvalue weighted by atomic mass is 9.86. The Hall–Kier alpha value is -2.66. The highest BCUT2D eigenvalue weighted by molar-refractivity contribution is 7.80. The summed E-state index contributed by atoms with van der Waals surface area (Å²) in [4.78, 5) is 0. The lowest BCUT2D eigenvalue weighted by molar-refractivity contribution is 0.733. The average molecular weight is 377 g/mol. The van der Waals surface area contributed by atoms with Crippen LogP contribution in [0.5, 0.6) is 0 Å². The second-order valence-corrected chi connectivity index (χ2v) is 7.40. The smallest absolute Gasteiger partial charge is 0.193 e. The molecule has 4 nitrogen and oxygen atoms in total. The van der Waals surface area contributed by atoms with E-state index in [0.29, 0.717) is 5.11 Å². The summed E-state index contributed by atoms with van der Waals surface area (Å²) in [5, 5.41) is 8.59. The van der Waals surface area contributed by atoms with Crippen molar-refractivity contribution in [2.45, 2.75) is 31.6 Å². The fraction of sp³-hybridized carbons (Fsp3) is 0.273. The molecule has 0 saturated carbocycles. The van der Waals surface area contributed by atoms with Gasteiger partial charge in [0.1, 0.15) is 5.82 Å². The topological polar surface area (TPSA) is 55.9 Å². The van der Waals surface area contributed by atoms with Gasteiger partial charge in [0.15, 0.2) is 5.11 Å². The van der Waals surface area contributed by atoms with E-state index in [4.69, 9.17) is 23.1 Å². The van der Waals surface area contributed by atoms with Crippen LogP contribution in [0.1, 0.15) is 41.1 Å². The first-order valence-electron chi connectivity index (χ1n) is 9.48. The minimum Gasteiger partial charge on any atom is -0.374 e. The molecule has 1 aromatic heterocycles. The number of aromatic nitrogens is 2. The van der Waals surface area contributed by atoms with E-state index in [1.165, 1.54) is 16.7 Å². The summed E-state index contributed by atoms with van der Waals surface area (Å²) in [5.74, 6) is 1.23. The molecule has 1 aliphatic rings. The van der Waals surface area contributed by atoms with Crippen molar-refractivity contribution in [1.29, 1.82) is 0 Å². The van der Waals surface area contributed by atoms with Gasteiger partial charge in [-0.05, 0) is 42.6 Å². The highest BCUT2D eigenvalue weighted by Crippen LogP contribution is 2.32. The summed E-state index contributed by atoms with van der Waals surface area (Å²) in [6, 6.07) is 21.3. The largest absolute Gasteiger partial charge is 0.374 e. The second-order valence-electron chi connectivity index (χ2n) is 6.99. The van der Waals surface area contributed by atoms with Crippen LogP contribution in [0.25, 0.3) is 0 Å². The molecule has 0 amide bonds. The fourth-order valence-electron chi connectivity index (χ4n) is 3.89. The maximum atomic E-state index is 5.95. The summed E-state index contributed by atoms with van der Waals surface area (Å²) >= 11 is 5.24. The number of nitrogens with one attached hydrogen (secondary N) is 1. The molecule has 0 atom stereocenters. The van der Waals surface area contributed by atoms with Gasteiger partial charge in [0.25, 0.3) is 0 Å². The third kappa shape index (κ3) is 3.74. The van der Waals surface area contributed by atoms with E-state index in [1.54, 1.807) is 4.68 Å². The zero-order chi connectivity index (χ0) is 18.6. The van der Waals surface area contributed by atoms with Crippen molar-refractivity contribution in [1.82, 2.24) is 9.78 Å². The Morgan fingerprint density at radius 1 is 1.04 bits per heavy atom. The standard InChI is InChI=1S/C22H24N4S/c23-22(27)26-21-18(13-7-8-14-24-21)20(25-26)15-19(16-9-3-1-4-10-16)17-11-5-2-6-12-17/h1-6,9-12,19,24H,7-8,13-15H2,(H2,23,27). The van der Waals surface area contributed by atoms with Crippen LogP contribution in [0, 0.1) is 0 Å². The van der Waals surface area contributed by atoms with Gasteiger partial charge in [-0.2, -0.15) is 9.78 Å². The Balaban J connectivity index is 1.77. The van der Waals surface area contributed by atoms with E-state index >= 15 is 0 Å². The number of hydrogen-bond acceptors (Lipinski definition) is 3. The Labute approximate surface area is 165 Å². The minimum absolute atomic E-state index is 0.245. The molecule has 2 heterocycles. The van der Waals surface area contributed by atoms with E-state index in [9.17, 15) is 0 Å². The first-order valence-corrected chi connectivity index (χ1v) is 9.89. The van der Waals surface area contributed by atoms with Gasteiger partial charge in [0.2, 0.25) is 0 Å². The van der Waals surface area contributed by atoms with Gasteiger partial charge in [0, 0.05) is 24.4 Å². The summed E-state index contributed by atoms with van der Waals surface area (Å²) in [6.45, 7) is 0.932. The Morgan fingerprint density at radius 3 is 2.26 bits per heavy atom. The van der Waals surface area contributed by atoms with Crippen LogP contribution >= 0.6 is 12.2 Å². The maximum Gasteiger partial charge on any atom is 0.193 e. The van der Waals surface area contributed by atoms with E-state index in [2.05, 4.69) is 66.0 Å². The lowest BCUT2D eigenvalue weighted by Crippen LogP contribution is -2.23. The molecule has 3 N–H and O–H groups in total. The van der Waals surface area contributed by atoms with Crippen molar-refractivity contribution in [3.05, 3.63) is 83.0 Å². The van der Waals surface area contributed by atoms with Gasteiger partial charge in [-0.25, -0.2) is 0 Å². The van der Waals surface area contributed by atoms with E-state index in [-0.39, 0.29) is 5.92 Å². The number of rotatable bonds is 4. The zero-order valence-corrected chi connectivity index (χ0v) is 16.1. The molecule has 1 aliphatic heterocycles. The number of benzene rings is 2. The fourth-order valence-corrected chi connectivity index (χ4v) is 4.02. The van der Waals surface area contributed by atoms with Crippen LogP contribution in [0.3, 0.4) is 0 Å². The average Bonchev–Trinajstić information content (AvgIpc) is 2.87. The third-order valence-corrected chi connectivity index (χ3v) is 5.40. The molecule has 0 fully saturated rings. The van der Waals surface area contributed by atoms with Gasteiger partial charge < -0.3 is 11.1 Å². The number of thiocarbonyl (C=S) groups is 1. The predicted octanol–water partition coefficient (Wildman–Crippen LogP) is 4.10. The summed E-state index contributed by atoms with van der Waals surface area (Å²) < 4.78 is 1.71. The number of fused-ring (bicyclic) bond motifs is 1. The van der Waals surface area contributed by atoms with Gasteiger partial charge >= 0.3 is 0 Å². The Bertz CT molecular complexity index is 879. The maximum absolute atomic E-state index is 5.95. The highest BCUT2D eigenvalue weighted by atomic mass is 32.1. The molecule has 0 aliphatic carbocycles. The molecule has 0 radical (unpaired) electrons. The molecular weight excluding hydrogens is 352 g/mol. The molecule has 138 valence electrons. The second kappa shape index (κ2) is 7.92. The Kier molecular flexibility index (Phi) is 5.21. The van der Waals surface area contributed by atoms with Gasteiger partial charge in [-0.15, -0.1) is 0 Å². The molecule has 0 spiro atoms. The van der Waals surface area contributed by atoms with Gasteiger partial charge in [0.05, 0.1) is 5.69 Å². The summed E-state index contributed by atoms with van der Waals surface area (Å²) in [5.41, 5.74) is 10.9. The number of hydrogen-bond donors (Lipinski definition) is 2. The van der Waals surface area contributed by atoms with Gasteiger partial charge in [-0.1, -0.05) is 60.7 Å². The SMILES string of the molecule is NC(=S)n1nc(CC(c2ccccc2)c2ccccc2)c2c1NCCCC2. The van der Waals surface area contributed by atoms with Crippen molar-refractivity contribution in [2.24, 2.45) is 5.73 Å².